The quantitative estimate of drug-likeness (QED) is 0.608. The number of ether oxygens (including phenoxy) is 1. The van der Waals surface area contributed by atoms with Crippen LogP contribution in [0.5, 0.6) is 0 Å². The number of likely N-dealkylation sites (tertiary alicyclic amines) is 1. The van der Waals surface area contributed by atoms with Gasteiger partial charge in [-0.2, -0.15) is 0 Å². The predicted molar refractivity (Wildman–Crippen MR) is 100 cm³/mol. The van der Waals surface area contributed by atoms with Crippen LogP contribution in [0.15, 0.2) is 30.3 Å². The SMILES string of the molecule is CCOC(=O)/C=C/c1ccc(NC(=O)CN2CCCCC2CC)cc1. The van der Waals surface area contributed by atoms with E-state index in [2.05, 4.69) is 17.1 Å². The highest BCUT2D eigenvalue weighted by atomic mass is 16.5. The molecule has 2 rings (SSSR count). The summed E-state index contributed by atoms with van der Waals surface area (Å²) in [7, 11) is 0. The number of carbonyl (C=O) groups excluding carboxylic acids is 2. The predicted octanol–water partition coefficient (Wildman–Crippen LogP) is 3.47. The Balaban J connectivity index is 1.85. The highest BCUT2D eigenvalue weighted by Crippen LogP contribution is 2.19. The zero-order valence-electron chi connectivity index (χ0n) is 15.2. The molecule has 0 aliphatic carbocycles. The van der Waals surface area contributed by atoms with E-state index in [4.69, 9.17) is 4.74 Å². The van der Waals surface area contributed by atoms with Gasteiger partial charge in [0.2, 0.25) is 5.91 Å². The first-order valence-corrected chi connectivity index (χ1v) is 9.11. The lowest BCUT2D eigenvalue weighted by molar-refractivity contribution is -0.137. The molecular weight excluding hydrogens is 316 g/mol. The molecule has 136 valence electrons. The minimum atomic E-state index is -0.355. The number of hydrogen-bond donors (Lipinski definition) is 1. The summed E-state index contributed by atoms with van der Waals surface area (Å²) in [6.45, 7) is 5.77. The van der Waals surface area contributed by atoms with Crippen molar-refractivity contribution in [2.24, 2.45) is 0 Å². The maximum absolute atomic E-state index is 12.3. The van der Waals surface area contributed by atoms with Crippen molar-refractivity contribution in [3.63, 3.8) is 0 Å². The van der Waals surface area contributed by atoms with Crippen molar-refractivity contribution in [1.82, 2.24) is 4.90 Å². The van der Waals surface area contributed by atoms with E-state index in [1.807, 2.05) is 24.3 Å². The molecular formula is C20H28N2O3. The Hall–Kier alpha value is -2.14. The van der Waals surface area contributed by atoms with E-state index in [-0.39, 0.29) is 11.9 Å². The van der Waals surface area contributed by atoms with Crippen molar-refractivity contribution in [2.45, 2.75) is 45.6 Å². The Bertz CT molecular complexity index is 595. The van der Waals surface area contributed by atoms with Crippen LogP contribution in [0.1, 0.15) is 45.1 Å². The van der Waals surface area contributed by atoms with Crippen LogP contribution < -0.4 is 5.32 Å². The molecule has 1 amide bonds. The molecule has 0 aromatic heterocycles. The molecule has 1 aromatic carbocycles. The van der Waals surface area contributed by atoms with Crippen molar-refractivity contribution in [3.05, 3.63) is 35.9 Å². The van der Waals surface area contributed by atoms with Crippen molar-refractivity contribution < 1.29 is 14.3 Å². The standard InChI is InChI=1S/C20H28N2O3/c1-3-18-7-5-6-14-22(18)15-19(23)21-17-11-8-16(9-12-17)10-13-20(24)25-4-2/h8-13,18H,3-7,14-15H2,1-2H3,(H,21,23)/b13-10+. The van der Waals surface area contributed by atoms with E-state index in [1.165, 1.54) is 25.3 Å². The molecule has 1 saturated heterocycles. The number of nitrogens with one attached hydrogen (secondary N) is 1. The molecule has 1 unspecified atom stereocenters. The average Bonchev–Trinajstić information content (AvgIpc) is 2.62. The van der Waals surface area contributed by atoms with Gasteiger partial charge in [0.25, 0.3) is 0 Å². The van der Waals surface area contributed by atoms with Crippen LogP contribution in [0.4, 0.5) is 5.69 Å². The van der Waals surface area contributed by atoms with Gasteiger partial charge in [-0.25, -0.2) is 4.79 Å². The Kier molecular flexibility index (Phi) is 7.67. The summed E-state index contributed by atoms with van der Waals surface area (Å²) >= 11 is 0. The van der Waals surface area contributed by atoms with Crippen LogP contribution in [-0.4, -0.2) is 42.5 Å². The summed E-state index contributed by atoms with van der Waals surface area (Å²) in [6.07, 6.45) is 7.81. The molecule has 1 aliphatic heterocycles. The molecule has 0 radical (unpaired) electrons. The monoisotopic (exact) mass is 344 g/mol. The number of rotatable bonds is 7. The Morgan fingerprint density at radius 2 is 2.00 bits per heavy atom. The first kappa shape index (κ1) is 19.2. The molecule has 1 N–H and O–H groups in total. The molecule has 1 fully saturated rings. The van der Waals surface area contributed by atoms with Gasteiger partial charge in [0.05, 0.1) is 13.2 Å². The third-order valence-electron chi connectivity index (χ3n) is 4.46. The van der Waals surface area contributed by atoms with Crippen molar-refractivity contribution in [3.8, 4) is 0 Å². The second kappa shape index (κ2) is 9.99. The first-order valence-electron chi connectivity index (χ1n) is 9.11. The maximum atomic E-state index is 12.3. The van der Waals surface area contributed by atoms with E-state index in [0.717, 1.165) is 24.2 Å². The third-order valence-corrected chi connectivity index (χ3v) is 4.46. The number of hydrogen-bond acceptors (Lipinski definition) is 4. The molecule has 1 atom stereocenters. The molecule has 0 spiro atoms. The van der Waals surface area contributed by atoms with Crippen molar-refractivity contribution in [2.75, 3.05) is 25.0 Å². The van der Waals surface area contributed by atoms with Gasteiger partial charge in [-0.05, 0) is 56.5 Å². The molecule has 5 heteroatoms. The summed E-state index contributed by atoms with van der Waals surface area (Å²) in [6, 6.07) is 7.93. The first-order chi connectivity index (χ1) is 12.1. The second-order valence-corrected chi connectivity index (χ2v) is 6.28. The molecule has 5 nitrogen and oxygen atoms in total. The van der Waals surface area contributed by atoms with Crippen LogP contribution >= 0.6 is 0 Å². The van der Waals surface area contributed by atoms with E-state index in [9.17, 15) is 9.59 Å². The Morgan fingerprint density at radius 3 is 2.68 bits per heavy atom. The van der Waals surface area contributed by atoms with Crippen LogP contribution in [-0.2, 0) is 14.3 Å². The molecule has 0 saturated carbocycles. The van der Waals surface area contributed by atoms with Gasteiger partial charge in [-0.1, -0.05) is 25.5 Å². The van der Waals surface area contributed by atoms with Gasteiger partial charge < -0.3 is 10.1 Å². The lowest BCUT2D eigenvalue weighted by Gasteiger charge is -2.34. The van der Waals surface area contributed by atoms with Crippen molar-refractivity contribution >= 4 is 23.6 Å². The zero-order valence-corrected chi connectivity index (χ0v) is 15.2. The fourth-order valence-corrected chi connectivity index (χ4v) is 3.15. The number of piperidine rings is 1. The molecule has 25 heavy (non-hydrogen) atoms. The minimum Gasteiger partial charge on any atom is -0.463 e. The maximum Gasteiger partial charge on any atom is 0.330 e. The van der Waals surface area contributed by atoms with Crippen molar-refractivity contribution in [1.29, 1.82) is 0 Å². The number of esters is 1. The minimum absolute atomic E-state index is 0.0233. The lowest BCUT2D eigenvalue weighted by Crippen LogP contribution is -2.43. The fourth-order valence-electron chi connectivity index (χ4n) is 3.15. The summed E-state index contributed by atoms with van der Waals surface area (Å²) in [4.78, 5) is 25.9. The van der Waals surface area contributed by atoms with Gasteiger partial charge in [0, 0.05) is 17.8 Å². The van der Waals surface area contributed by atoms with Gasteiger partial charge in [-0.3, -0.25) is 9.69 Å². The number of amides is 1. The fraction of sp³-hybridized carbons (Fsp3) is 0.500. The normalized spacial score (nSPS) is 18.2. The highest BCUT2D eigenvalue weighted by Gasteiger charge is 2.22. The summed E-state index contributed by atoms with van der Waals surface area (Å²) in [5.41, 5.74) is 1.65. The molecule has 0 bridgehead atoms. The average molecular weight is 344 g/mol. The molecule has 1 aliphatic rings. The lowest BCUT2D eigenvalue weighted by atomic mass is 10.00. The van der Waals surface area contributed by atoms with Gasteiger partial charge in [-0.15, -0.1) is 0 Å². The van der Waals surface area contributed by atoms with Gasteiger partial charge in [0.1, 0.15) is 0 Å². The number of anilines is 1. The van der Waals surface area contributed by atoms with E-state index in [0.29, 0.717) is 19.2 Å². The second-order valence-electron chi connectivity index (χ2n) is 6.28. The molecule has 1 aromatic rings. The van der Waals surface area contributed by atoms with Crippen LogP contribution in [0.2, 0.25) is 0 Å². The smallest absolute Gasteiger partial charge is 0.330 e. The molecule has 1 heterocycles. The summed E-state index contributed by atoms with van der Waals surface area (Å²) in [5, 5.41) is 2.95. The summed E-state index contributed by atoms with van der Waals surface area (Å²) < 4.78 is 4.84. The Labute approximate surface area is 150 Å². The van der Waals surface area contributed by atoms with E-state index in [1.54, 1.807) is 13.0 Å². The Morgan fingerprint density at radius 1 is 1.24 bits per heavy atom. The van der Waals surface area contributed by atoms with Crippen LogP contribution in [0, 0.1) is 0 Å². The van der Waals surface area contributed by atoms with Gasteiger partial charge in [0.15, 0.2) is 0 Å². The van der Waals surface area contributed by atoms with Gasteiger partial charge >= 0.3 is 5.97 Å². The van der Waals surface area contributed by atoms with Crippen LogP contribution in [0.25, 0.3) is 6.08 Å². The number of nitrogens with zero attached hydrogens (tertiary/aromatic N) is 1. The topological polar surface area (TPSA) is 58.6 Å². The third kappa shape index (κ3) is 6.35. The summed E-state index contributed by atoms with van der Waals surface area (Å²) in [5.74, 6) is -0.331. The number of benzene rings is 1. The van der Waals surface area contributed by atoms with E-state index >= 15 is 0 Å². The number of carbonyl (C=O) groups is 2. The van der Waals surface area contributed by atoms with Crippen LogP contribution in [0.3, 0.4) is 0 Å². The van der Waals surface area contributed by atoms with E-state index < -0.39 is 0 Å². The largest absolute Gasteiger partial charge is 0.463 e. The highest BCUT2D eigenvalue weighted by molar-refractivity contribution is 5.92. The zero-order chi connectivity index (χ0) is 18.1.